The van der Waals surface area contributed by atoms with Crippen LogP contribution in [0.3, 0.4) is 0 Å². The number of amides is 2. The lowest BCUT2D eigenvalue weighted by molar-refractivity contribution is -0.125. The molecule has 0 spiro atoms. The molecule has 22 heavy (non-hydrogen) atoms. The zero-order valence-electron chi connectivity index (χ0n) is 13.9. The highest BCUT2D eigenvalue weighted by Crippen LogP contribution is 2.32. The van der Waals surface area contributed by atoms with E-state index in [0.717, 1.165) is 12.8 Å². The van der Waals surface area contributed by atoms with E-state index in [-0.39, 0.29) is 23.4 Å². The number of fused-ring (bicyclic) bond motifs is 2. The maximum Gasteiger partial charge on any atom is 0.222 e. The van der Waals surface area contributed by atoms with E-state index >= 15 is 0 Å². The van der Waals surface area contributed by atoms with Crippen molar-refractivity contribution in [1.29, 1.82) is 0 Å². The predicted molar refractivity (Wildman–Crippen MR) is 85.3 cm³/mol. The molecule has 2 aliphatic rings. The summed E-state index contributed by atoms with van der Waals surface area (Å²) in [6.45, 7) is 7.15. The fourth-order valence-electron chi connectivity index (χ4n) is 3.19. The van der Waals surface area contributed by atoms with Crippen LogP contribution < -0.4 is 10.6 Å². The lowest BCUT2D eigenvalue weighted by atomic mass is 9.75. The first kappa shape index (κ1) is 17.0. The quantitative estimate of drug-likeness (QED) is 0.672. The largest absolute Gasteiger partial charge is 0.381 e. The van der Waals surface area contributed by atoms with Gasteiger partial charge in [-0.3, -0.25) is 9.59 Å². The summed E-state index contributed by atoms with van der Waals surface area (Å²) >= 11 is 0. The van der Waals surface area contributed by atoms with Crippen molar-refractivity contribution in [2.24, 2.45) is 5.92 Å². The van der Waals surface area contributed by atoms with Crippen molar-refractivity contribution in [3.8, 4) is 0 Å². The van der Waals surface area contributed by atoms with Crippen LogP contribution in [0.5, 0.6) is 0 Å². The van der Waals surface area contributed by atoms with Crippen molar-refractivity contribution in [3.05, 3.63) is 11.6 Å². The Balaban J connectivity index is 2.13. The molecule has 0 aromatic carbocycles. The molecule has 2 rings (SSSR count). The molecule has 0 aromatic heterocycles. The summed E-state index contributed by atoms with van der Waals surface area (Å²) in [5.41, 5.74) is 0.933. The summed E-state index contributed by atoms with van der Waals surface area (Å²) in [6, 6.07) is 0.0605. The second kappa shape index (κ2) is 7.27. The van der Waals surface area contributed by atoms with Crippen molar-refractivity contribution in [1.82, 2.24) is 10.6 Å². The number of nitrogens with one attached hydrogen (secondary N) is 2. The van der Waals surface area contributed by atoms with Gasteiger partial charge in [0, 0.05) is 25.0 Å². The summed E-state index contributed by atoms with van der Waals surface area (Å²) in [4.78, 5) is 24.1. The molecule has 2 amide bonds. The third-order valence-electron chi connectivity index (χ3n) is 4.78. The summed E-state index contributed by atoms with van der Waals surface area (Å²) in [7, 11) is 0. The van der Waals surface area contributed by atoms with Crippen LogP contribution in [-0.4, -0.2) is 36.6 Å². The van der Waals surface area contributed by atoms with Crippen LogP contribution in [0.4, 0.5) is 0 Å². The van der Waals surface area contributed by atoms with Gasteiger partial charge >= 0.3 is 0 Å². The summed E-state index contributed by atoms with van der Waals surface area (Å²) in [6.07, 6.45) is 5.53. The zero-order chi connectivity index (χ0) is 16.2. The molecule has 0 radical (unpaired) electrons. The summed E-state index contributed by atoms with van der Waals surface area (Å²) in [5.74, 6) is 0.444. The van der Waals surface area contributed by atoms with Gasteiger partial charge in [-0.05, 0) is 46.0 Å². The normalized spacial score (nSPS) is 30.6. The van der Waals surface area contributed by atoms with Crippen molar-refractivity contribution >= 4 is 11.8 Å². The van der Waals surface area contributed by atoms with Crippen molar-refractivity contribution in [3.63, 3.8) is 0 Å². The smallest absolute Gasteiger partial charge is 0.222 e. The Morgan fingerprint density at radius 2 is 1.95 bits per heavy atom. The lowest BCUT2D eigenvalue weighted by Crippen LogP contribution is -2.52. The van der Waals surface area contributed by atoms with E-state index in [1.165, 1.54) is 5.57 Å². The molecule has 2 N–H and O–H groups in total. The Labute approximate surface area is 132 Å². The number of ether oxygens (including phenoxy) is 1. The highest BCUT2D eigenvalue weighted by Gasteiger charge is 2.35. The van der Waals surface area contributed by atoms with Gasteiger partial charge in [0.15, 0.2) is 0 Å². The van der Waals surface area contributed by atoms with E-state index in [0.29, 0.717) is 38.4 Å². The maximum absolute atomic E-state index is 12.1. The topological polar surface area (TPSA) is 67.4 Å². The van der Waals surface area contributed by atoms with Crippen LogP contribution in [0.2, 0.25) is 0 Å². The van der Waals surface area contributed by atoms with Gasteiger partial charge in [-0.15, -0.1) is 0 Å². The fourth-order valence-corrected chi connectivity index (χ4v) is 3.19. The molecule has 0 aromatic rings. The van der Waals surface area contributed by atoms with Crippen LogP contribution in [-0.2, 0) is 14.3 Å². The minimum Gasteiger partial charge on any atom is -0.381 e. The van der Waals surface area contributed by atoms with E-state index in [1.54, 1.807) is 0 Å². The minimum atomic E-state index is -0.276. The van der Waals surface area contributed by atoms with Crippen LogP contribution in [0, 0.1) is 5.92 Å². The highest BCUT2D eigenvalue weighted by atomic mass is 16.5. The molecule has 1 saturated heterocycles. The number of rotatable bonds is 0. The molecule has 5 nitrogen and oxygen atoms in total. The van der Waals surface area contributed by atoms with E-state index in [4.69, 9.17) is 4.74 Å². The fraction of sp³-hybridized carbons (Fsp3) is 0.765. The molecule has 1 aliphatic carbocycles. The Hall–Kier alpha value is -1.36. The van der Waals surface area contributed by atoms with Crippen LogP contribution in [0.15, 0.2) is 11.6 Å². The van der Waals surface area contributed by atoms with Crippen molar-refractivity contribution in [2.45, 2.75) is 64.5 Å². The van der Waals surface area contributed by atoms with Crippen molar-refractivity contribution < 1.29 is 14.3 Å². The molecule has 0 unspecified atom stereocenters. The van der Waals surface area contributed by atoms with E-state index in [1.807, 2.05) is 0 Å². The van der Waals surface area contributed by atoms with Gasteiger partial charge in [-0.2, -0.15) is 0 Å². The predicted octanol–water partition coefficient (Wildman–Crippen LogP) is 1.92. The van der Waals surface area contributed by atoms with E-state index < -0.39 is 0 Å². The summed E-state index contributed by atoms with van der Waals surface area (Å²) < 4.78 is 5.42. The Morgan fingerprint density at radius 3 is 2.73 bits per heavy atom. The number of carbonyl (C=O) groups is 2. The molecular weight excluding hydrogens is 280 g/mol. The number of hydrogen-bond donors (Lipinski definition) is 2. The third kappa shape index (κ3) is 4.57. The first-order chi connectivity index (χ1) is 10.4. The van der Waals surface area contributed by atoms with Crippen LogP contribution in [0.1, 0.15) is 52.9 Å². The number of carbonyl (C=O) groups excluding carboxylic acids is 2. The van der Waals surface area contributed by atoms with E-state index in [9.17, 15) is 9.59 Å². The third-order valence-corrected chi connectivity index (χ3v) is 4.78. The molecule has 1 fully saturated rings. The average Bonchev–Trinajstić information content (AvgIpc) is 2.43. The van der Waals surface area contributed by atoms with Crippen LogP contribution in [0.25, 0.3) is 0 Å². The maximum atomic E-state index is 12.1. The lowest BCUT2D eigenvalue weighted by Gasteiger charge is -2.40. The molecule has 124 valence electrons. The van der Waals surface area contributed by atoms with Gasteiger partial charge in [-0.1, -0.05) is 11.6 Å². The Bertz CT molecular complexity index is 457. The molecule has 5 heteroatoms. The second-order valence-corrected chi connectivity index (χ2v) is 6.97. The highest BCUT2D eigenvalue weighted by molar-refractivity contribution is 5.77. The molecule has 2 bridgehead atoms. The second-order valence-electron chi connectivity index (χ2n) is 6.97. The summed E-state index contributed by atoms with van der Waals surface area (Å²) in [5, 5.41) is 6.26. The number of hydrogen-bond acceptors (Lipinski definition) is 3. The Morgan fingerprint density at radius 1 is 1.18 bits per heavy atom. The first-order valence-electron chi connectivity index (χ1n) is 8.23. The van der Waals surface area contributed by atoms with Gasteiger partial charge in [0.05, 0.1) is 12.6 Å². The van der Waals surface area contributed by atoms with Gasteiger partial charge in [0.2, 0.25) is 11.8 Å². The van der Waals surface area contributed by atoms with Gasteiger partial charge in [0.25, 0.3) is 0 Å². The van der Waals surface area contributed by atoms with E-state index in [2.05, 4.69) is 37.5 Å². The first-order valence-corrected chi connectivity index (χ1v) is 8.23. The SMILES string of the molecule is CC1=CC[C@@H]2C[C@@H]1NC(=O)CCOCCCC(=O)NC2(C)C. The average molecular weight is 308 g/mol. The van der Waals surface area contributed by atoms with Gasteiger partial charge < -0.3 is 15.4 Å². The monoisotopic (exact) mass is 308 g/mol. The Kier molecular flexibility index (Phi) is 5.62. The molecule has 2 atom stereocenters. The van der Waals surface area contributed by atoms with Gasteiger partial charge in [-0.25, -0.2) is 0 Å². The molecular formula is C17H28N2O3. The zero-order valence-corrected chi connectivity index (χ0v) is 13.9. The minimum absolute atomic E-state index is 0.0392. The molecule has 0 saturated carbocycles. The van der Waals surface area contributed by atoms with Crippen LogP contribution >= 0.6 is 0 Å². The van der Waals surface area contributed by atoms with Crippen molar-refractivity contribution in [2.75, 3.05) is 13.2 Å². The molecule has 1 aliphatic heterocycles. The van der Waals surface area contributed by atoms with Gasteiger partial charge in [0.1, 0.15) is 0 Å². The molecule has 1 heterocycles. The standard InChI is InChI=1S/C17H28N2O3/c1-12-6-7-13-11-14(12)18-15(20)8-10-22-9-4-5-16(21)19-17(13,2)3/h6,13-14H,4-5,7-11H2,1-3H3,(H,18,20)(H,19,21)/t13-,14+/m1/s1. The number of allylic oxidation sites excluding steroid dienone is 1.